The number of fused-ring (bicyclic) bond motifs is 1. The molecule has 0 spiro atoms. The van der Waals surface area contributed by atoms with Gasteiger partial charge in [-0.25, -0.2) is 0 Å². The monoisotopic (exact) mass is 262 g/mol. The van der Waals surface area contributed by atoms with Crippen molar-refractivity contribution in [3.05, 3.63) is 24.0 Å². The van der Waals surface area contributed by atoms with Crippen LogP contribution < -0.4 is 11.5 Å². The van der Waals surface area contributed by atoms with E-state index in [1.165, 1.54) is 19.4 Å². The number of hydrogen-bond donors (Lipinski definition) is 2. The highest BCUT2D eigenvalue weighted by Gasteiger charge is 2.34. The molecule has 3 unspecified atom stereocenters. The summed E-state index contributed by atoms with van der Waals surface area (Å²) in [4.78, 5) is 6.62. The van der Waals surface area contributed by atoms with E-state index in [9.17, 15) is 0 Å². The number of rotatable bonds is 3. The van der Waals surface area contributed by atoms with Crippen molar-refractivity contribution in [1.29, 1.82) is 0 Å². The van der Waals surface area contributed by atoms with Gasteiger partial charge in [0.25, 0.3) is 0 Å². The van der Waals surface area contributed by atoms with Crippen LogP contribution in [0.1, 0.15) is 18.4 Å². The molecule has 2 aliphatic heterocycles. The van der Waals surface area contributed by atoms with Crippen molar-refractivity contribution in [2.45, 2.75) is 37.5 Å². The molecule has 5 nitrogen and oxygen atoms in total. The van der Waals surface area contributed by atoms with Crippen LogP contribution in [-0.4, -0.2) is 47.8 Å². The summed E-state index contributed by atoms with van der Waals surface area (Å²) < 4.78 is 5.94. The van der Waals surface area contributed by atoms with Crippen molar-refractivity contribution in [3.63, 3.8) is 0 Å². The van der Waals surface area contributed by atoms with E-state index >= 15 is 0 Å². The van der Waals surface area contributed by atoms with E-state index < -0.39 is 0 Å². The molecule has 3 atom stereocenters. The number of ether oxygens (including phenoxy) is 1. The minimum absolute atomic E-state index is 0.0203. The zero-order valence-electron chi connectivity index (χ0n) is 11.2. The van der Waals surface area contributed by atoms with Gasteiger partial charge in [0.2, 0.25) is 0 Å². The SMILES string of the molecule is Nc1ccncc1CC(N)C1CN2CCCC2CO1. The number of hydrogen-bond acceptors (Lipinski definition) is 5. The van der Waals surface area contributed by atoms with Gasteiger partial charge in [0.1, 0.15) is 0 Å². The fraction of sp³-hybridized carbons (Fsp3) is 0.643. The Morgan fingerprint density at radius 1 is 1.53 bits per heavy atom. The van der Waals surface area contributed by atoms with Crippen LogP contribution in [0, 0.1) is 0 Å². The number of nitrogens with two attached hydrogens (primary N) is 2. The van der Waals surface area contributed by atoms with E-state index in [0.29, 0.717) is 6.04 Å². The molecule has 0 aromatic carbocycles. The van der Waals surface area contributed by atoms with Gasteiger partial charge in [-0.2, -0.15) is 0 Å². The lowest BCUT2D eigenvalue weighted by Crippen LogP contribution is -2.53. The zero-order valence-corrected chi connectivity index (χ0v) is 11.2. The molecule has 104 valence electrons. The minimum atomic E-state index is -0.0203. The average molecular weight is 262 g/mol. The van der Waals surface area contributed by atoms with Crippen LogP contribution in [0.5, 0.6) is 0 Å². The number of pyridine rings is 1. The topological polar surface area (TPSA) is 77.4 Å². The van der Waals surface area contributed by atoms with Gasteiger partial charge in [-0.05, 0) is 37.4 Å². The molecule has 2 aliphatic rings. The third-order valence-electron chi connectivity index (χ3n) is 4.29. The van der Waals surface area contributed by atoms with Crippen molar-refractivity contribution in [2.24, 2.45) is 5.73 Å². The number of anilines is 1. The van der Waals surface area contributed by atoms with Gasteiger partial charge in [0.15, 0.2) is 0 Å². The van der Waals surface area contributed by atoms with Gasteiger partial charge in [0, 0.05) is 36.7 Å². The molecule has 0 amide bonds. The maximum atomic E-state index is 6.30. The molecule has 19 heavy (non-hydrogen) atoms. The maximum absolute atomic E-state index is 6.30. The fourth-order valence-corrected chi connectivity index (χ4v) is 3.10. The number of morpholine rings is 1. The highest BCUT2D eigenvalue weighted by atomic mass is 16.5. The first-order chi connectivity index (χ1) is 9.24. The van der Waals surface area contributed by atoms with Crippen molar-refractivity contribution < 1.29 is 4.74 Å². The molecule has 0 bridgehead atoms. The average Bonchev–Trinajstić information content (AvgIpc) is 2.88. The second-order valence-electron chi connectivity index (χ2n) is 5.61. The molecule has 0 radical (unpaired) electrons. The fourth-order valence-electron chi connectivity index (χ4n) is 3.10. The van der Waals surface area contributed by atoms with Gasteiger partial charge in [-0.3, -0.25) is 9.88 Å². The Bertz CT molecular complexity index is 439. The normalized spacial score (nSPS) is 29.1. The molecule has 3 heterocycles. The first kappa shape index (κ1) is 12.8. The summed E-state index contributed by atoms with van der Waals surface area (Å²) in [5.74, 6) is 0. The Hall–Kier alpha value is -1.17. The molecule has 0 aliphatic carbocycles. The van der Waals surface area contributed by atoms with Gasteiger partial charge in [-0.1, -0.05) is 0 Å². The van der Waals surface area contributed by atoms with Gasteiger partial charge in [0.05, 0.1) is 12.7 Å². The van der Waals surface area contributed by atoms with Crippen molar-refractivity contribution in [1.82, 2.24) is 9.88 Å². The third-order valence-corrected chi connectivity index (χ3v) is 4.29. The Balaban J connectivity index is 1.61. The standard InChI is InChI=1S/C14H22N4O/c15-12-3-4-17-7-10(12)6-13(16)14-8-18-5-1-2-11(18)9-19-14/h3-4,7,11,13-14H,1-2,5-6,8-9,16H2,(H2,15,17). The van der Waals surface area contributed by atoms with Crippen LogP contribution in [-0.2, 0) is 11.2 Å². The Labute approximate surface area is 113 Å². The molecule has 4 N–H and O–H groups in total. The summed E-state index contributed by atoms with van der Waals surface area (Å²) >= 11 is 0. The Morgan fingerprint density at radius 3 is 3.26 bits per heavy atom. The molecular formula is C14H22N4O. The first-order valence-electron chi connectivity index (χ1n) is 7.03. The van der Waals surface area contributed by atoms with E-state index in [4.69, 9.17) is 16.2 Å². The van der Waals surface area contributed by atoms with Crippen molar-refractivity contribution >= 4 is 5.69 Å². The zero-order chi connectivity index (χ0) is 13.2. The van der Waals surface area contributed by atoms with E-state index in [2.05, 4.69) is 9.88 Å². The quantitative estimate of drug-likeness (QED) is 0.824. The van der Waals surface area contributed by atoms with Crippen LogP contribution in [0.3, 0.4) is 0 Å². The van der Waals surface area contributed by atoms with Crippen molar-refractivity contribution in [3.8, 4) is 0 Å². The predicted molar refractivity (Wildman–Crippen MR) is 74.7 cm³/mol. The number of aromatic nitrogens is 1. The molecule has 2 saturated heterocycles. The predicted octanol–water partition coefficient (Wildman–Crippen LogP) is 0.397. The molecule has 1 aromatic heterocycles. The molecule has 5 heteroatoms. The Kier molecular flexibility index (Phi) is 3.68. The first-order valence-corrected chi connectivity index (χ1v) is 7.03. The summed E-state index contributed by atoms with van der Waals surface area (Å²) in [7, 11) is 0. The van der Waals surface area contributed by atoms with E-state index in [1.54, 1.807) is 12.4 Å². The lowest BCUT2D eigenvalue weighted by atomic mass is 10.0. The van der Waals surface area contributed by atoms with E-state index in [-0.39, 0.29) is 12.1 Å². The summed E-state index contributed by atoms with van der Waals surface area (Å²) in [6.45, 7) is 2.96. The van der Waals surface area contributed by atoms with Crippen LogP contribution in [0.2, 0.25) is 0 Å². The largest absolute Gasteiger partial charge is 0.398 e. The summed E-state index contributed by atoms with van der Waals surface area (Å²) in [6.07, 6.45) is 6.88. The molecule has 2 fully saturated rings. The highest BCUT2D eigenvalue weighted by Crippen LogP contribution is 2.24. The second kappa shape index (κ2) is 5.45. The lowest BCUT2D eigenvalue weighted by Gasteiger charge is -2.37. The van der Waals surface area contributed by atoms with Crippen molar-refractivity contribution in [2.75, 3.05) is 25.4 Å². The second-order valence-corrected chi connectivity index (χ2v) is 5.61. The van der Waals surface area contributed by atoms with Crippen LogP contribution in [0.15, 0.2) is 18.5 Å². The summed E-state index contributed by atoms with van der Waals surface area (Å²) in [5, 5.41) is 0. The summed E-state index contributed by atoms with van der Waals surface area (Å²) in [6, 6.07) is 2.42. The summed E-state index contributed by atoms with van der Waals surface area (Å²) in [5.41, 5.74) is 14.0. The van der Waals surface area contributed by atoms with E-state index in [1.807, 2.05) is 6.07 Å². The Morgan fingerprint density at radius 2 is 2.42 bits per heavy atom. The molecule has 0 saturated carbocycles. The number of nitrogen functional groups attached to an aromatic ring is 1. The minimum Gasteiger partial charge on any atom is -0.398 e. The number of nitrogens with zero attached hydrogens (tertiary/aromatic N) is 2. The van der Waals surface area contributed by atoms with Crippen LogP contribution in [0.25, 0.3) is 0 Å². The van der Waals surface area contributed by atoms with Gasteiger partial charge >= 0.3 is 0 Å². The van der Waals surface area contributed by atoms with Gasteiger partial charge < -0.3 is 16.2 Å². The van der Waals surface area contributed by atoms with Gasteiger partial charge in [-0.15, -0.1) is 0 Å². The van der Waals surface area contributed by atoms with Crippen LogP contribution in [0.4, 0.5) is 5.69 Å². The molecule has 3 rings (SSSR count). The molecular weight excluding hydrogens is 240 g/mol. The maximum Gasteiger partial charge on any atom is 0.0856 e. The van der Waals surface area contributed by atoms with E-state index in [0.717, 1.165) is 30.8 Å². The van der Waals surface area contributed by atoms with Crippen LogP contribution >= 0.6 is 0 Å². The third kappa shape index (κ3) is 2.73. The smallest absolute Gasteiger partial charge is 0.0856 e. The highest BCUT2D eigenvalue weighted by molar-refractivity contribution is 5.44. The molecule has 1 aromatic rings. The lowest BCUT2D eigenvalue weighted by molar-refractivity contribution is -0.0589.